The van der Waals surface area contributed by atoms with Crippen LogP contribution in [0.4, 0.5) is 0 Å². The SMILES string of the molecule is O=C(Br)Cc1cccs1. The molecule has 0 aliphatic carbocycles. The zero-order valence-electron chi connectivity index (χ0n) is 4.63. The molecule has 0 atom stereocenters. The van der Waals surface area contributed by atoms with Gasteiger partial charge in [-0.1, -0.05) is 6.07 Å². The van der Waals surface area contributed by atoms with Gasteiger partial charge in [0.1, 0.15) is 0 Å². The molecule has 0 fully saturated rings. The normalized spacial score (nSPS) is 9.44. The predicted molar refractivity (Wildman–Crippen MR) is 42.0 cm³/mol. The first kappa shape index (κ1) is 6.96. The molecule has 0 saturated heterocycles. The van der Waals surface area contributed by atoms with Gasteiger partial charge >= 0.3 is 0 Å². The molecule has 0 radical (unpaired) electrons. The van der Waals surface area contributed by atoms with E-state index in [1.165, 1.54) is 0 Å². The summed E-state index contributed by atoms with van der Waals surface area (Å²) in [4.78, 5) is 11.5. The van der Waals surface area contributed by atoms with Crippen molar-refractivity contribution in [1.29, 1.82) is 0 Å². The molecule has 1 heterocycles. The van der Waals surface area contributed by atoms with Crippen LogP contribution < -0.4 is 0 Å². The predicted octanol–water partition coefficient (Wildman–Crippen LogP) is 2.21. The standard InChI is InChI=1S/C6H5BrOS/c7-6(8)4-5-2-1-3-9-5/h1-3H,4H2. The molecule has 0 spiro atoms. The van der Waals surface area contributed by atoms with E-state index in [2.05, 4.69) is 15.9 Å². The minimum Gasteiger partial charge on any atom is -0.286 e. The van der Waals surface area contributed by atoms with Gasteiger partial charge in [-0.25, -0.2) is 0 Å². The van der Waals surface area contributed by atoms with E-state index in [0.29, 0.717) is 6.42 Å². The van der Waals surface area contributed by atoms with Crippen LogP contribution in [0.3, 0.4) is 0 Å². The molecule has 9 heavy (non-hydrogen) atoms. The Kier molecular flexibility index (Phi) is 2.42. The van der Waals surface area contributed by atoms with Crippen LogP contribution in [0.15, 0.2) is 17.5 Å². The molecular weight excluding hydrogens is 200 g/mol. The zero-order chi connectivity index (χ0) is 6.69. The molecule has 0 unspecified atom stereocenters. The summed E-state index contributed by atoms with van der Waals surface area (Å²) in [5.74, 6) is 0. The third kappa shape index (κ3) is 2.28. The maximum atomic E-state index is 10.4. The highest BCUT2D eigenvalue weighted by molar-refractivity contribution is 9.18. The molecule has 0 bridgehead atoms. The fourth-order valence-electron chi connectivity index (χ4n) is 0.550. The summed E-state index contributed by atoms with van der Waals surface area (Å²) < 4.78 is 0.0463. The number of halogens is 1. The summed E-state index contributed by atoms with van der Waals surface area (Å²) in [5.41, 5.74) is 0. The Labute approximate surface area is 65.8 Å². The van der Waals surface area contributed by atoms with Crippen LogP contribution in [-0.2, 0) is 11.2 Å². The Morgan fingerprint density at radius 3 is 3.00 bits per heavy atom. The van der Waals surface area contributed by atoms with Gasteiger partial charge in [-0.2, -0.15) is 0 Å². The quantitative estimate of drug-likeness (QED) is 0.676. The topological polar surface area (TPSA) is 17.1 Å². The van der Waals surface area contributed by atoms with Crippen molar-refractivity contribution in [1.82, 2.24) is 0 Å². The van der Waals surface area contributed by atoms with Gasteiger partial charge in [-0.3, -0.25) is 4.79 Å². The highest BCUT2D eigenvalue weighted by Gasteiger charge is 1.97. The van der Waals surface area contributed by atoms with E-state index in [-0.39, 0.29) is 4.69 Å². The van der Waals surface area contributed by atoms with E-state index in [0.717, 1.165) is 4.88 Å². The van der Waals surface area contributed by atoms with Crippen LogP contribution in [0, 0.1) is 0 Å². The van der Waals surface area contributed by atoms with Crippen LogP contribution >= 0.6 is 27.3 Å². The van der Waals surface area contributed by atoms with Crippen LogP contribution in [-0.4, -0.2) is 4.69 Å². The lowest BCUT2D eigenvalue weighted by Gasteiger charge is -1.84. The molecule has 1 aromatic rings. The number of rotatable bonds is 2. The maximum Gasteiger partial charge on any atom is 0.202 e. The molecule has 48 valence electrons. The third-order valence-electron chi connectivity index (χ3n) is 0.893. The van der Waals surface area contributed by atoms with E-state index in [1.807, 2.05) is 17.5 Å². The fourth-order valence-corrected chi connectivity index (χ4v) is 1.74. The summed E-state index contributed by atoms with van der Waals surface area (Å²) in [6.45, 7) is 0. The number of hydrogen-bond donors (Lipinski definition) is 0. The molecule has 1 aromatic heterocycles. The van der Waals surface area contributed by atoms with Gasteiger partial charge in [0, 0.05) is 4.88 Å². The molecule has 3 heteroatoms. The highest BCUT2D eigenvalue weighted by atomic mass is 79.9. The lowest BCUT2D eigenvalue weighted by molar-refractivity contribution is -0.109. The Morgan fingerprint density at radius 2 is 2.56 bits per heavy atom. The van der Waals surface area contributed by atoms with Crippen molar-refractivity contribution in [2.45, 2.75) is 6.42 Å². The summed E-state index contributed by atoms with van der Waals surface area (Å²) >= 11 is 4.46. The molecule has 0 N–H and O–H groups in total. The lowest BCUT2D eigenvalue weighted by Crippen LogP contribution is -1.87. The van der Waals surface area contributed by atoms with Crippen molar-refractivity contribution in [2.24, 2.45) is 0 Å². The van der Waals surface area contributed by atoms with Crippen LogP contribution in [0.25, 0.3) is 0 Å². The molecule has 1 rings (SSSR count). The van der Waals surface area contributed by atoms with Crippen molar-refractivity contribution < 1.29 is 4.79 Å². The first-order valence-corrected chi connectivity index (χ1v) is 4.17. The molecule has 0 aliphatic heterocycles. The molecular formula is C6H5BrOS. The Balaban J connectivity index is 2.58. The Bertz CT molecular complexity index is 193. The van der Waals surface area contributed by atoms with Crippen molar-refractivity contribution >= 4 is 32.0 Å². The first-order chi connectivity index (χ1) is 4.29. The second-order valence-corrected chi connectivity index (χ2v) is 3.53. The second kappa shape index (κ2) is 3.13. The lowest BCUT2D eigenvalue weighted by atomic mass is 10.4. The average molecular weight is 205 g/mol. The van der Waals surface area contributed by atoms with Gasteiger partial charge in [0.25, 0.3) is 0 Å². The van der Waals surface area contributed by atoms with Gasteiger partial charge < -0.3 is 0 Å². The van der Waals surface area contributed by atoms with Gasteiger partial charge in [-0.15, -0.1) is 11.3 Å². The number of carbonyl (C=O) groups is 1. The van der Waals surface area contributed by atoms with Gasteiger partial charge in [0.15, 0.2) is 0 Å². The van der Waals surface area contributed by atoms with Gasteiger partial charge in [0.2, 0.25) is 4.69 Å². The summed E-state index contributed by atoms with van der Waals surface area (Å²) in [6, 6.07) is 3.89. The largest absolute Gasteiger partial charge is 0.286 e. The highest BCUT2D eigenvalue weighted by Crippen LogP contribution is 2.10. The van der Waals surface area contributed by atoms with Crippen LogP contribution in [0.5, 0.6) is 0 Å². The van der Waals surface area contributed by atoms with Gasteiger partial charge in [-0.05, 0) is 27.4 Å². The van der Waals surface area contributed by atoms with Crippen LogP contribution in [0.1, 0.15) is 4.88 Å². The number of hydrogen-bond acceptors (Lipinski definition) is 2. The van der Waals surface area contributed by atoms with Crippen molar-refractivity contribution in [3.05, 3.63) is 22.4 Å². The fraction of sp³-hybridized carbons (Fsp3) is 0.167. The monoisotopic (exact) mass is 204 g/mol. The molecule has 0 saturated carbocycles. The minimum absolute atomic E-state index is 0.0463. The van der Waals surface area contributed by atoms with E-state index < -0.39 is 0 Å². The Hall–Kier alpha value is -0.150. The third-order valence-corrected chi connectivity index (χ3v) is 2.05. The van der Waals surface area contributed by atoms with Crippen molar-refractivity contribution in [2.75, 3.05) is 0 Å². The minimum atomic E-state index is 0.0463. The summed E-state index contributed by atoms with van der Waals surface area (Å²) in [6.07, 6.45) is 0.512. The number of carbonyl (C=O) groups excluding carboxylic acids is 1. The van der Waals surface area contributed by atoms with E-state index >= 15 is 0 Å². The van der Waals surface area contributed by atoms with Crippen LogP contribution in [0.2, 0.25) is 0 Å². The molecule has 1 nitrogen and oxygen atoms in total. The van der Waals surface area contributed by atoms with Gasteiger partial charge in [0.05, 0.1) is 6.42 Å². The molecule has 0 aromatic carbocycles. The van der Waals surface area contributed by atoms with Crippen molar-refractivity contribution in [3.63, 3.8) is 0 Å². The zero-order valence-corrected chi connectivity index (χ0v) is 7.04. The average Bonchev–Trinajstić information content (AvgIpc) is 2.15. The summed E-state index contributed by atoms with van der Waals surface area (Å²) in [5, 5.41) is 1.96. The van der Waals surface area contributed by atoms with E-state index in [1.54, 1.807) is 11.3 Å². The Morgan fingerprint density at radius 1 is 1.78 bits per heavy atom. The maximum absolute atomic E-state index is 10.4. The van der Waals surface area contributed by atoms with E-state index in [4.69, 9.17) is 0 Å². The molecule has 0 aliphatic rings. The summed E-state index contributed by atoms with van der Waals surface area (Å²) in [7, 11) is 0. The van der Waals surface area contributed by atoms with E-state index in [9.17, 15) is 4.79 Å². The second-order valence-electron chi connectivity index (χ2n) is 1.61. The number of thiophene rings is 1. The molecule has 0 amide bonds. The first-order valence-electron chi connectivity index (χ1n) is 2.50. The smallest absolute Gasteiger partial charge is 0.202 e. The van der Waals surface area contributed by atoms with Crippen molar-refractivity contribution in [3.8, 4) is 0 Å².